The topological polar surface area (TPSA) is 93.8 Å². The number of halogens is 2. The molecule has 0 aliphatic carbocycles. The number of nitro benzene ring substituents is 1. The van der Waals surface area contributed by atoms with Gasteiger partial charge in [0.1, 0.15) is 12.4 Å². The zero-order chi connectivity index (χ0) is 21.5. The third kappa shape index (κ3) is 5.56. The molecule has 0 aliphatic rings. The number of carbonyl (C=O) groups is 1. The fourth-order valence-corrected chi connectivity index (χ4v) is 2.98. The molecule has 0 saturated carbocycles. The zero-order valence-electron chi connectivity index (χ0n) is 15.4. The summed E-state index contributed by atoms with van der Waals surface area (Å²) in [6.45, 7) is 0.150. The third-order valence-corrected chi connectivity index (χ3v) is 4.58. The lowest BCUT2D eigenvalue weighted by Gasteiger charge is -2.11. The van der Waals surface area contributed by atoms with Crippen molar-refractivity contribution in [1.82, 2.24) is 5.43 Å². The number of hydrazone groups is 1. The van der Waals surface area contributed by atoms with E-state index in [2.05, 4.69) is 10.5 Å². The Kier molecular flexibility index (Phi) is 7.00. The fourth-order valence-electron chi connectivity index (χ4n) is 2.52. The van der Waals surface area contributed by atoms with Gasteiger partial charge in [-0.3, -0.25) is 14.9 Å². The van der Waals surface area contributed by atoms with Gasteiger partial charge in [0.15, 0.2) is 0 Å². The molecule has 0 heterocycles. The van der Waals surface area contributed by atoms with Crippen LogP contribution in [-0.2, 0) is 6.61 Å². The van der Waals surface area contributed by atoms with Crippen molar-refractivity contribution in [2.45, 2.75) is 6.61 Å². The number of non-ortho nitro benzene ring substituents is 1. The highest BCUT2D eigenvalue weighted by Crippen LogP contribution is 2.24. The van der Waals surface area contributed by atoms with Gasteiger partial charge in [-0.05, 0) is 24.3 Å². The van der Waals surface area contributed by atoms with E-state index in [1.165, 1.54) is 24.4 Å². The molecular formula is C21H15Cl2N3O4. The Balaban J connectivity index is 1.68. The number of benzene rings is 3. The van der Waals surface area contributed by atoms with Crippen LogP contribution in [0.15, 0.2) is 71.8 Å². The predicted octanol–water partition coefficient (Wildman–Crippen LogP) is 5.24. The van der Waals surface area contributed by atoms with Crippen molar-refractivity contribution in [1.29, 1.82) is 0 Å². The summed E-state index contributed by atoms with van der Waals surface area (Å²) < 4.78 is 5.76. The normalized spacial score (nSPS) is 10.7. The van der Waals surface area contributed by atoms with Crippen LogP contribution in [0.3, 0.4) is 0 Å². The SMILES string of the molecule is O=C(N/N=C/c1cccc([N+](=O)[O-])c1)c1ccccc1OCc1ccc(Cl)cc1Cl. The van der Waals surface area contributed by atoms with Gasteiger partial charge in [0.2, 0.25) is 0 Å². The molecular weight excluding hydrogens is 429 g/mol. The van der Waals surface area contributed by atoms with E-state index in [1.54, 1.807) is 48.5 Å². The van der Waals surface area contributed by atoms with Crippen LogP contribution in [-0.4, -0.2) is 17.0 Å². The number of amides is 1. The molecule has 3 aromatic carbocycles. The van der Waals surface area contributed by atoms with Crippen LogP contribution >= 0.6 is 23.2 Å². The second-order valence-corrected chi connectivity index (χ2v) is 6.92. The number of ether oxygens (including phenoxy) is 1. The van der Waals surface area contributed by atoms with E-state index in [1.807, 2.05) is 0 Å². The maximum atomic E-state index is 12.5. The van der Waals surface area contributed by atoms with Crippen LogP contribution in [0.5, 0.6) is 5.75 Å². The molecule has 1 N–H and O–H groups in total. The number of carbonyl (C=O) groups excluding carboxylic acids is 1. The summed E-state index contributed by atoms with van der Waals surface area (Å²) in [6, 6.07) is 17.6. The number of hydrogen-bond donors (Lipinski definition) is 1. The predicted molar refractivity (Wildman–Crippen MR) is 115 cm³/mol. The van der Waals surface area contributed by atoms with E-state index in [4.69, 9.17) is 27.9 Å². The van der Waals surface area contributed by atoms with E-state index in [0.29, 0.717) is 21.4 Å². The molecule has 0 aromatic heterocycles. The van der Waals surface area contributed by atoms with Crippen molar-refractivity contribution in [3.63, 3.8) is 0 Å². The Bertz CT molecular complexity index is 1120. The largest absolute Gasteiger partial charge is 0.488 e. The minimum Gasteiger partial charge on any atom is -0.488 e. The third-order valence-electron chi connectivity index (χ3n) is 3.99. The molecule has 152 valence electrons. The maximum absolute atomic E-state index is 12.5. The number of hydrogen-bond acceptors (Lipinski definition) is 5. The quantitative estimate of drug-likeness (QED) is 0.306. The molecule has 0 aliphatic heterocycles. The van der Waals surface area contributed by atoms with Crippen molar-refractivity contribution < 1.29 is 14.5 Å². The van der Waals surface area contributed by atoms with Gasteiger partial charge in [0.25, 0.3) is 11.6 Å². The summed E-state index contributed by atoms with van der Waals surface area (Å²) >= 11 is 12.0. The van der Waals surface area contributed by atoms with Gasteiger partial charge >= 0.3 is 0 Å². The Morgan fingerprint density at radius 1 is 1.10 bits per heavy atom. The van der Waals surface area contributed by atoms with Crippen LogP contribution in [0.1, 0.15) is 21.5 Å². The van der Waals surface area contributed by atoms with Crippen molar-refractivity contribution in [2.24, 2.45) is 5.10 Å². The molecule has 9 heteroatoms. The molecule has 0 unspecified atom stereocenters. The summed E-state index contributed by atoms with van der Waals surface area (Å²) in [6.07, 6.45) is 1.32. The molecule has 0 spiro atoms. The van der Waals surface area contributed by atoms with Crippen LogP contribution < -0.4 is 10.2 Å². The Hall–Kier alpha value is -3.42. The summed E-state index contributed by atoms with van der Waals surface area (Å²) in [5.74, 6) is -0.138. The lowest BCUT2D eigenvalue weighted by molar-refractivity contribution is -0.384. The molecule has 0 saturated heterocycles. The first-order valence-corrected chi connectivity index (χ1v) is 9.43. The summed E-state index contributed by atoms with van der Waals surface area (Å²) in [4.78, 5) is 22.8. The standard InChI is InChI=1S/C21H15Cl2N3O4/c22-16-9-8-15(19(23)11-16)13-30-20-7-2-1-6-18(20)21(27)25-24-12-14-4-3-5-17(10-14)26(28)29/h1-12H,13H2,(H,25,27)/b24-12+. The molecule has 1 amide bonds. The average Bonchev–Trinajstić information content (AvgIpc) is 2.73. The number of nitro groups is 1. The first kappa shape index (κ1) is 21.3. The second kappa shape index (κ2) is 9.87. The minimum atomic E-state index is -0.504. The minimum absolute atomic E-state index is 0.0649. The van der Waals surface area contributed by atoms with Gasteiger partial charge in [-0.1, -0.05) is 53.5 Å². The van der Waals surface area contributed by atoms with Crippen molar-refractivity contribution in [3.8, 4) is 5.75 Å². The number of nitrogens with one attached hydrogen (secondary N) is 1. The van der Waals surface area contributed by atoms with Gasteiger partial charge in [-0.15, -0.1) is 0 Å². The molecule has 0 atom stereocenters. The highest BCUT2D eigenvalue weighted by Gasteiger charge is 2.12. The molecule has 0 fully saturated rings. The maximum Gasteiger partial charge on any atom is 0.275 e. The van der Waals surface area contributed by atoms with Crippen molar-refractivity contribution >= 4 is 41.0 Å². The number of para-hydroxylation sites is 1. The first-order chi connectivity index (χ1) is 14.4. The molecule has 3 aromatic rings. The van der Waals surface area contributed by atoms with E-state index >= 15 is 0 Å². The van der Waals surface area contributed by atoms with Gasteiger partial charge < -0.3 is 4.74 Å². The molecule has 0 radical (unpaired) electrons. The monoisotopic (exact) mass is 443 g/mol. The van der Waals surface area contributed by atoms with Gasteiger partial charge in [0, 0.05) is 33.3 Å². The number of nitrogens with zero attached hydrogens (tertiary/aromatic N) is 2. The van der Waals surface area contributed by atoms with Crippen LogP contribution in [0.25, 0.3) is 0 Å². The first-order valence-electron chi connectivity index (χ1n) is 8.67. The summed E-state index contributed by atoms with van der Waals surface area (Å²) in [5, 5.41) is 15.7. The fraction of sp³-hybridized carbons (Fsp3) is 0.0476. The second-order valence-electron chi connectivity index (χ2n) is 6.07. The van der Waals surface area contributed by atoms with Crippen molar-refractivity contribution in [3.05, 3.63) is 104 Å². The lowest BCUT2D eigenvalue weighted by atomic mass is 10.2. The molecule has 3 rings (SSSR count). The van der Waals surface area contributed by atoms with Gasteiger partial charge in [0.05, 0.1) is 16.7 Å². The highest BCUT2D eigenvalue weighted by atomic mass is 35.5. The van der Waals surface area contributed by atoms with Crippen LogP contribution in [0.2, 0.25) is 10.0 Å². The van der Waals surface area contributed by atoms with E-state index in [-0.39, 0.29) is 17.9 Å². The van der Waals surface area contributed by atoms with E-state index < -0.39 is 10.8 Å². The Labute approximate surface area is 182 Å². The smallest absolute Gasteiger partial charge is 0.275 e. The Morgan fingerprint density at radius 2 is 1.90 bits per heavy atom. The van der Waals surface area contributed by atoms with Crippen LogP contribution in [0, 0.1) is 10.1 Å². The summed E-state index contributed by atoms with van der Waals surface area (Å²) in [5.41, 5.74) is 3.80. The lowest BCUT2D eigenvalue weighted by Crippen LogP contribution is -2.18. The summed E-state index contributed by atoms with van der Waals surface area (Å²) in [7, 11) is 0. The van der Waals surface area contributed by atoms with Crippen molar-refractivity contribution in [2.75, 3.05) is 0 Å². The van der Waals surface area contributed by atoms with Gasteiger partial charge in [-0.2, -0.15) is 5.10 Å². The average molecular weight is 444 g/mol. The molecule has 30 heavy (non-hydrogen) atoms. The van der Waals surface area contributed by atoms with Crippen LogP contribution in [0.4, 0.5) is 5.69 Å². The van der Waals surface area contributed by atoms with E-state index in [0.717, 1.165) is 5.56 Å². The molecule has 7 nitrogen and oxygen atoms in total. The van der Waals surface area contributed by atoms with Gasteiger partial charge in [-0.25, -0.2) is 5.43 Å². The molecule has 0 bridgehead atoms. The Morgan fingerprint density at radius 3 is 2.67 bits per heavy atom. The number of rotatable bonds is 7. The zero-order valence-corrected chi connectivity index (χ0v) is 16.9. The van der Waals surface area contributed by atoms with E-state index in [9.17, 15) is 14.9 Å². The highest BCUT2D eigenvalue weighted by molar-refractivity contribution is 6.35.